The molecule has 0 atom stereocenters. The number of nitrogens with zero attached hydrogens (tertiary/aromatic N) is 2. The number of benzene rings is 1. The van der Waals surface area contributed by atoms with Crippen molar-refractivity contribution in [3.05, 3.63) is 55.9 Å². The fourth-order valence-electron chi connectivity index (χ4n) is 1.91. The third-order valence-electron chi connectivity index (χ3n) is 3.02. The number of hydrogen-bond acceptors (Lipinski definition) is 5. The zero-order valence-electron chi connectivity index (χ0n) is 11.9. The van der Waals surface area contributed by atoms with Crippen molar-refractivity contribution in [2.75, 3.05) is 5.32 Å². The van der Waals surface area contributed by atoms with Crippen molar-refractivity contribution in [3.8, 4) is 10.8 Å². The van der Waals surface area contributed by atoms with Gasteiger partial charge in [-0.2, -0.15) is 4.68 Å². The molecule has 0 saturated heterocycles. The summed E-state index contributed by atoms with van der Waals surface area (Å²) >= 11 is 3.63. The summed E-state index contributed by atoms with van der Waals surface area (Å²) in [4.78, 5) is 24.5. The molecule has 1 aromatic carbocycles. The van der Waals surface area contributed by atoms with Gasteiger partial charge in [0.05, 0.1) is 11.4 Å². The maximum absolute atomic E-state index is 11.9. The van der Waals surface area contributed by atoms with Gasteiger partial charge in [0.1, 0.15) is 0 Å². The number of amides is 1. The van der Waals surface area contributed by atoms with Gasteiger partial charge in [-0.3, -0.25) is 4.79 Å². The monoisotopic (exact) mass is 441 g/mol. The molecular formula is C15H12IN3O3S. The van der Waals surface area contributed by atoms with Gasteiger partial charge in [0.25, 0.3) is 5.89 Å². The highest BCUT2D eigenvalue weighted by Crippen LogP contribution is 2.21. The average molecular weight is 441 g/mol. The Bertz CT molecular complexity index is 853. The van der Waals surface area contributed by atoms with Crippen LogP contribution in [0.1, 0.15) is 6.42 Å². The standard InChI is InChI=1S/C15H12IN3O3S/c16-10-3-5-11(6-4-10)17-13(20)7-8-19-15(21)22-14(18-19)12-2-1-9-23-12/h1-6,9H,7-8H2,(H,17,20). The Kier molecular flexibility index (Phi) is 4.91. The Morgan fingerprint density at radius 2 is 2.09 bits per heavy atom. The van der Waals surface area contributed by atoms with Gasteiger partial charge in [-0.25, -0.2) is 4.79 Å². The van der Waals surface area contributed by atoms with E-state index in [-0.39, 0.29) is 24.8 Å². The van der Waals surface area contributed by atoms with Crippen LogP contribution in [0, 0.1) is 3.57 Å². The highest BCUT2D eigenvalue weighted by molar-refractivity contribution is 14.1. The first-order valence-electron chi connectivity index (χ1n) is 6.79. The normalized spacial score (nSPS) is 10.7. The van der Waals surface area contributed by atoms with Gasteiger partial charge in [0.2, 0.25) is 5.91 Å². The van der Waals surface area contributed by atoms with Crippen LogP contribution in [0.5, 0.6) is 0 Å². The van der Waals surface area contributed by atoms with Crippen LogP contribution in [0.4, 0.5) is 5.69 Å². The maximum Gasteiger partial charge on any atom is 0.437 e. The van der Waals surface area contributed by atoms with E-state index in [0.29, 0.717) is 0 Å². The number of hydrogen-bond donors (Lipinski definition) is 1. The van der Waals surface area contributed by atoms with E-state index >= 15 is 0 Å². The molecule has 0 aliphatic rings. The van der Waals surface area contributed by atoms with Gasteiger partial charge in [-0.05, 0) is 58.3 Å². The lowest BCUT2D eigenvalue weighted by molar-refractivity contribution is -0.116. The Morgan fingerprint density at radius 3 is 2.78 bits per heavy atom. The molecule has 0 aliphatic carbocycles. The summed E-state index contributed by atoms with van der Waals surface area (Å²) in [5, 5.41) is 8.77. The average Bonchev–Trinajstić information content (AvgIpc) is 3.17. The van der Waals surface area contributed by atoms with Crippen molar-refractivity contribution in [1.82, 2.24) is 9.78 Å². The van der Waals surface area contributed by atoms with Gasteiger partial charge < -0.3 is 9.73 Å². The predicted molar refractivity (Wildman–Crippen MR) is 96.5 cm³/mol. The van der Waals surface area contributed by atoms with E-state index in [1.165, 1.54) is 16.0 Å². The lowest BCUT2D eigenvalue weighted by Gasteiger charge is -2.04. The van der Waals surface area contributed by atoms with Gasteiger partial charge >= 0.3 is 5.76 Å². The van der Waals surface area contributed by atoms with Crippen LogP contribution in [0.25, 0.3) is 10.8 Å². The van der Waals surface area contributed by atoms with Crippen LogP contribution in [0.15, 0.2) is 51.0 Å². The van der Waals surface area contributed by atoms with Gasteiger partial charge in [-0.1, -0.05) is 6.07 Å². The Hall–Kier alpha value is -1.94. The Balaban J connectivity index is 1.61. The van der Waals surface area contributed by atoms with Crippen LogP contribution in [0.2, 0.25) is 0 Å². The largest absolute Gasteiger partial charge is 0.437 e. The molecule has 23 heavy (non-hydrogen) atoms. The van der Waals surface area contributed by atoms with Crippen molar-refractivity contribution < 1.29 is 9.21 Å². The summed E-state index contributed by atoms with van der Waals surface area (Å²) in [7, 11) is 0. The molecule has 6 nitrogen and oxygen atoms in total. The second-order valence-electron chi connectivity index (χ2n) is 4.68. The lowest BCUT2D eigenvalue weighted by Crippen LogP contribution is -2.20. The van der Waals surface area contributed by atoms with Crippen molar-refractivity contribution in [2.45, 2.75) is 13.0 Å². The van der Waals surface area contributed by atoms with Gasteiger partial charge in [0, 0.05) is 15.7 Å². The van der Waals surface area contributed by atoms with E-state index in [4.69, 9.17) is 4.42 Å². The molecule has 1 amide bonds. The lowest BCUT2D eigenvalue weighted by atomic mass is 10.3. The van der Waals surface area contributed by atoms with E-state index in [1.807, 2.05) is 41.8 Å². The second-order valence-corrected chi connectivity index (χ2v) is 6.87. The smallest absolute Gasteiger partial charge is 0.387 e. The number of thiophene rings is 1. The molecule has 1 N–H and O–H groups in total. The molecule has 0 radical (unpaired) electrons. The van der Waals surface area contributed by atoms with Crippen LogP contribution >= 0.6 is 33.9 Å². The van der Waals surface area contributed by atoms with E-state index in [0.717, 1.165) is 14.1 Å². The van der Waals surface area contributed by atoms with E-state index < -0.39 is 5.76 Å². The number of carbonyl (C=O) groups excluding carboxylic acids is 1. The summed E-state index contributed by atoms with van der Waals surface area (Å²) in [6.07, 6.45) is 0.141. The molecule has 118 valence electrons. The molecule has 0 bridgehead atoms. The first-order chi connectivity index (χ1) is 11.1. The highest BCUT2D eigenvalue weighted by atomic mass is 127. The topological polar surface area (TPSA) is 77.1 Å². The maximum atomic E-state index is 11.9. The van der Waals surface area contributed by atoms with Crippen LogP contribution in [-0.2, 0) is 11.3 Å². The summed E-state index contributed by atoms with van der Waals surface area (Å²) in [6, 6.07) is 11.2. The molecule has 2 aromatic heterocycles. The third-order valence-corrected chi connectivity index (χ3v) is 4.59. The van der Waals surface area contributed by atoms with Crippen LogP contribution in [-0.4, -0.2) is 15.7 Å². The van der Waals surface area contributed by atoms with Crippen LogP contribution in [0.3, 0.4) is 0 Å². The number of aromatic nitrogens is 2. The minimum absolute atomic E-state index is 0.141. The molecule has 0 fully saturated rings. The number of rotatable bonds is 5. The molecule has 0 aliphatic heterocycles. The molecule has 3 rings (SSSR count). The highest BCUT2D eigenvalue weighted by Gasteiger charge is 2.12. The minimum atomic E-state index is -0.560. The quantitative estimate of drug-likeness (QED) is 0.618. The number of nitrogens with one attached hydrogen (secondary N) is 1. The summed E-state index contributed by atoms with van der Waals surface area (Å²) < 4.78 is 7.36. The first-order valence-corrected chi connectivity index (χ1v) is 8.75. The number of anilines is 1. The fourth-order valence-corrected chi connectivity index (χ4v) is 2.92. The second kappa shape index (κ2) is 7.09. The Morgan fingerprint density at radius 1 is 1.30 bits per heavy atom. The van der Waals surface area contributed by atoms with Crippen LogP contribution < -0.4 is 11.1 Å². The molecule has 0 unspecified atom stereocenters. The van der Waals surface area contributed by atoms with E-state index in [1.54, 1.807) is 0 Å². The van der Waals surface area contributed by atoms with E-state index in [9.17, 15) is 9.59 Å². The molecule has 8 heteroatoms. The number of aryl methyl sites for hydroxylation is 1. The summed E-state index contributed by atoms with van der Waals surface area (Å²) in [6.45, 7) is 0.171. The molecule has 2 heterocycles. The van der Waals surface area contributed by atoms with Crippen molar-refractivity contribution in [2.24, 2.45) is 0 Å². The zero-order valence-corrected chi connectivity index (χ0v) is 14.8. The van der Waals surface area contributed by atoms with Crippen molar-refractivity contribution >= 4 is 45.5 Å². The molecule has 0 saturated carbocycles. The summed E-state index contributed by atoms with van der Waals surface area (Å²) in [5.74, 6) is -0.461. The van der Waals surface area contributed by atoms with E-state index in [2.05, 4.69) is 33.0 Å². The SMILES string of the molecule is O=C(CCn1nc(-c2cccs2)oc1=O)Nc1ccc(I)cc1. The predicted octanol–water partition coefficient (Wildman–Crippen LogP) is 3.20. The van der Waals surface area contributed by atoms with Crippen molar-refractivity contribution in [1.29, 1.82) is 0 Å². The first kappa shape index (κ1) is 15.9. The zero-order chi connectivity index (χ0) is 16.2. The molecule has 3 aromatic rings. The van der Waals surface area contributed by atoms with Crippen molar-refractivity contribution in [3.63, 3.8) is 0 Å². The van der Waals surface area contributed by atoms with Gasteiger partial charge in [0.15, 0.2) is 0 Å². The summed E-state index contributed by atoms with van der Waals surface area (Å²) in [5.41, 5.74) is 0.724. The Labute approximate surface area is 149 Å². The molecular weight excluding hydrogens is 429 g/mol. The minimum Gasteiger partial charge on any atom is -0.387 e. The number of carbonyl (C=O) groups is 1. The molecule has 0 spiro atoms. The third kappa shape index (κ3) is 4.08. The fraction of sp³-hybridized carbons (Fsp3) is 0.133. The number of halogens is 1. The van der Waals surface area contributed by atoms with Gasteiger partial charge in [-0.15, -0.1) is 16.4 Å².